The van der Waals surface area contributed by atoms with Crippen LogP contribution in [0.1, 0.15) is 24.1 Å². The monoisotopic (exact) mass is 305 g/mol. The van der Waals surface area contributed by atoms with Gasteiger partial charge in [-0.3, -0.25) is 15.1 Å². The third-order valence-corrected chi connectivity index (χ3v) is 3.05. The van der Waals surface area contributed by atoms with E-state index in [1.54, 1.807) is 6.92 Å². The fourth-order valence-corrected chi connectivity index (χ4v) is 1.86. The predicted octanol–water partition coefficient (Wildman–Crippen LogP) is 3.13. The van der Waals surface area contributed by atoms with Crippen LogP contribution in [0.15, 0.2) is 41.4 Å². The predicted molar refractivity (Wildman–Crippen MR) is 74.9 cm³/mol. The first-order valence-corrected chi connectivity index (χ1v) is 6.32. The summed E-state index contributed by atoms with van der Waals surface area (Å²) >= 11 is 0. The van der Waals surface area contributed by atoms with E-state index in [0.717, 1.165) is 36.5 Å². The van der Waals surface area contributed by atoms with Gasteiger partial charge in [0.1, 0.15) is 11.6 Å². The first kappa shape index (κ1) is 15.6. The lowest BCUT2D eigenvalue weighted by Crippen LogP contribution is -2.00. The van der Waals surface area contributed by atoms with Gasteiger partial charge in [0.2, 0.25) is 0 Å². The quantitative estimate of drug-likeness (QED) is 0.494. The first-order chi connectivity index (χ1) is 10.4. The Kier molecular flexibility index (Phi) is 4.45. The number of nitro benzene ring substituents is 1. The van der Waals surface area contributed by atoms with Crippen molar-refractivity contribution in [2.75, 3.05) is 0 Å². The SMILES string of the molecule is C[C@@H](N=Cc1cc([N+](=O)[O-])ccc1[O-])c1ccc(F)cc1F. The molecule has 0 heterocycles. The van der Waals surface area contributed by atoms with Crippen molar-refractivity contribution in [3.05, 3.63) is 69.3 Å². The third kappa shape index (κ3) is 3.43. The molecule has 0 N–H and O–H groups in total. The molecule has 0 radical (unpaired) electrons. The first-order valence-electron chi connectivity index (χ1n) is 6.32. The number of nitro groups is 1. The van der Waals surface area contributed by atoms with Gasteiger partial charge in [0.25, 0.3) is 5.69 Å². The van der Waals surface area contributed by atoms with Gasteiger partial charge < -0.3 is 5.11 Å². The fraction of sp³-hybridized carbons (Fsp3) is 0.133. The van der Waals surface area contributed by atoms with Crippen LogP contribution in [0.5, 0.6) is 5.75 Å². The molecule has 1 atom stereocenters. The number of benzene rings is 2. The molecule has 22 heavy (non-hydrogen) atoms. The number of hydrogen-bond donors (Lipinski definition) is 0. The molecular formula is C15H11F2N2O3-. The van der Waals surface area contributed by atoms with Gasteiger partial charge in [0.15, 0.2) is 0 Å². The molecule has 2 aromatic rings. The third-order valence-electron chi connectivity index (χ3n) is 3.05. The Morgan fingerprint density at radius 1 is 1.23 bits per heavy atom. The van der Waals surface area contributed by atoms with Crippen LogP contribution in [-0.4, -0.2) is 11.1 Å². The van der Waals surface area contributed by atoms with E-state index >= 15 is 0 Å². The molecule has 0 bridgehead atoms. The lowest BCUT2D eigenvalue weighted by Gasteiger charge is -2.11. The molecule has 0 aromatic heterocycles. The maximum absolute atomic E-state index is 13.6. The van der Waals surface area contributed by atoms with Crippen LogP contribution in [-0.2, 0) is 0 Å². The average molecular weight is 305 g/mol. The van der Waals surface area contributed by atoms with Crippen molar-refractivity contribution in [3.8, 4) is 5.75 Å². The molecule has 7 heteroatoms. The zero-order valence-electron chi connectivity index (χ0n) is 11.5. The van der Waals surface area contributed by atoms with Gasteiger partial charge in [-0.2, -0.15) is 0 Å². The number of halogens is 2. The molecule has 0 saturated carbocycles. The standard InChI is InChI=1S/C15H12F2N2O3/c1-9(13-4-2-11(16)7-14(13)17)18-8-10-6-12(19(21)22)3-5-15(10)20/h2-9,20H,1H3/p-1/t9-/m1/s1. The van der Waals surface area contributed by atoms with Crippen molar-refractivity contribution in [1.29, 1.82) is 0 Å². The largest absolute Gasteiger partial charge is 0.872 e. The highest BCUT2D eigenvalue weighted by Gasteiger charge is 2.10. The summed E-state index contributed by atoms with van der Waals surface area (Å²) in [5.74, 6) is -1.87. The Bertz CT molecular complexity index is 748. The van der Waals surface area contributed by atoms with E-state index in [1.807, 2.05) is 0 Å². The molecule has 0 aliphatic rings. The maximum Gasteiger partial charge on any atom is 0.270 e. The van der Waals surface area contributed by atoms with E-state index in [0.29, 0.717) is 0 Å². The molecular weight excluding hydrogens is 294 g/mol. The van der Waals surface area contributed by atoms with Gasteiger partial charge in [-0.25, -0.2) is 8.78 Å². The molecule has 0 aliphatic heterocycles. The summed E-state index contributed by atoms with van der Waals surface area (Å²) in [5, 5.41) is 22.3. The van der Waals surface area contributed by atoms with Crippen LogP contribution in [0, 0.1) is 21.7 Å². The Balaban J connectivity index is 2.27. The number of aliphatic imine (C=N–C) groups is 1. The van der Waals surface area contributed by atoms with E-state index in [-0.39, 0.29) is 16.8 Å². The molecule has 0 amide bonds. The lowest BCUT2D eigenvalue weighted by atomic mass is 10.1. The summed E-state index contributed by atoms with van der Waals surface area (Å²) in [6.07, 6.45) is 1.16. The normalized spacial score (nSPS) is 12.5. The Hall–Kier alpha value is -2.83. The van der Waals surface area contributed by atoms with E-state index in [1.165, 1.54) is 6.07 Å². The van der Waals surface area contributed by atoms with Gasteiger partial charge >= 0.3 is 0 Å². The van der Waals surface area contributed by atoms with Crippen LogP contribution in [0.2, 0.25) is 0 Å². The van der Waals surface area contributed by atoms with E-state index in [2.05, 4.69) is 4.99 Å². The van der Waals surface area contributed by atoms with Gasteiger partial charge in [0.05, 0.1) is 11.0 Å². The van der Waals surface area contributed by atoms with Gasteiger partial charge in [-0.05, 0) is 18.6 Å². The Morgan fingerprint density at radius 3 is 2.59 bits per heavy atom. The number of rotatable bonds is 4. The zero-order valence-corrected chi connectivity index (χ0v) is 11.5. The van der Waals surface area contributed by atoms with Crippen molar-refractivity contribution in [2.45, 2.75) is 13.0 Å². The van der Waals surface area contributed by atoms with Crippen molar-refractivity contribution < 1.29 is 18.8 Å². The summed E-state index contributed by atoms with van der Waals surface area (Å²) in [6.45, 7) is 1.56. The van der Waals surface area contributed by atoms with Crippen LogP contribution in [0.3, 0.4) is 0 Å². The van der Waals surface area contributed by atoms with E-state index < -0.39 is 28.3 Å². The second kappa shape index (κ2) is 6.30. The lowest BCUT2D eigenvalue weighted by molar-refractivity contribution is -0.385. The zero-order chi connectivity index (χ0) is 16.3. The van der Waals surface area contributed by atoms with Crippen LogP contribution in [0.4, 0.5) is 14.5 Å². The van der Waals surface area contributed by atoms with Crippen molar-refractivity contribution in [2.24, 2.45) is 4.99 Å². The van der Waals surface area contributed by atoms with Gasteiger partial charge in [-0.1, -0.05) is 17.9 Å². The van der Waals surface area contributed by atoms with Crippen molar-refractivity contribution >= 4 is 11.9 Å². The van der Waals surface area contributed by atoms with Crippen molar-refractivity contribution in [3.63, 3.8) is 0 Å². The smallest absolute Gasteiger partial charge is 0.270 e. The second-order valence-electron chi connectivity index (χ2n) is 4.60. The summed E-state index contributed by atoms with van der Waals surface area (Å²) in [4.78, 5) is 14.1. The van der Waals surface area contributed by atoms with E-state index in [9.17, 15) is 24.0 Å². The molecule has 2 aromatic carbocycles. The number of hydrogen-bond acceptors (Lipinski definition) is 4. The highest BCUT2D eigenvalue weighted by atomic mass is 19.1. The Morgan fingerprint density at radius 2 is 1.95 bits per heavy atom. The molecule has 5 nitrogen and oxygen atoms in total. The van der Waals surface area contributed by atoms with Gasteiger partial charge in [-0.15, -0.1) is 0 Å². The van der Waals surface area contributed by atoms with Crippen LogP contribution in [0.25, 0.3) is 0 Å². The molecule has 0 saturated heterocycles. The summed E-state index contributed by atoms with van der Waals surface area (Å²) in [5.41, 5.74) is -0.0410. The molecule has 0 aliphatic carbocycles. The Labute approximate surface area is 124 Å². The summed E-state index contributed by atoms with van der Waals surface area (Å²) < 4.78 is 26.5. The highest BCUT2D eigenvalue weighted by Crippen LogP contribution is 2.23. The molecule has 0 unspecified atom stereocenters. The summed E-state index contributed by atoms with van der Waals surface area (Å²) in [6, 6.07) is 5.72. The minimum atomic E-state index is -0.744. The minimum Gasteiger partial charge on any atom is -0.872 e. The molecule has 0 spiro atoms. The second-order valence-corrected chi connectivity index (χ2v) is 4.60. The molecule has 0 fully saturated rings. The molecule has 114 valence electrons. The van der Waals surface area contributed by atoms with Gasteiger partial charge in [0, 0.05) is 30.0 Å². The number of non-ortho nitro benzene ring substituents is 1. The topological polar surface area (TPSA) is 78.6 Å². The summed E-state index contributed by atoms with van der Waals surface area (Å²) in [7, 11) is 0. The average Bonchev–Trinajstić information content (AvgIpc) is 2.45. The minimum absolute atomic E-state index is 0.0311. The van der Waals surface area contributed by atoms with Crippen LogP contribution >= 0.6 is 0 Å². The highest BCUT2D eigenvalue weighted by molar-refractivity contribution is 5.84. The maximum atomic E-state index is 13.6. The van der Waals surface area contributed by atoms with Crippen molar-refractivity contribution in [1.82, 2.24) is 0 Å². The van der Waals surface area contributed by atoms with E-state index in [4.69, 9.17) is 0 Å². The molecule has 2 rings (SSSR count). The number of nitrogens with zero attached hydrogens (tertiary/aromatic N) is 2. The van der Waals surface area contributed by atoms with Crippen LogP contribution < -0.4 is 5.11 Å². The fourth-order valence-electron chi connectivity index (χ4n) is 1.86.